The third kappa shape index (κ3) is 5.02. The van der Waals surface area contributed by atoms with Gasteiger partial charge >= 0.3 is 12.6 Å². The lowest BCUT2D eigenvalue weighted by Crippen LogP contribution is -2.41. The summed E-state index contributed by atoms with van der Waals surface area (Å²) in [4.78, 5) is 24.4. The van der Waals surface area contributed by atoms with Crippen molar-refractivity contribution in [2.75, 3.05) is 6.54 Å². The monoisotopic (exact) mass is 301 g/mol. The van der Waals surface area contributed by atoms with Crippen LogP contribution in [0.4, 0.5) is 8.78 Å². The molecule has 116 valence electrons. The van der Waals surface area contributed by atoms with E-state index in [1.807, 2.05) is 6.92 Å². The molecule has 0 bridgehead atoms. The average Bonchev–Trinajstić information content (AvgIpc) is 2.43. The van der Waals surface area contributed by atoms with Gasteiger partial charge in [-0.05, 0) is 37.6 Å². The van der Waals surface area contributed by atoms with Gasteiger partial charge in [0.05, 0.1) is 0 Å². The number of carboxylic acid groups (broad SMARTS) is 1. The van der Waals surface area contributed by atoms with Crippen molar-refractivity contribution in [2.45, 2.75) is 32.9 Å². The summed E-state index contributed by atoms with van der Waals surface area (Å²) in [6, 6.07) is 4.91. The van der Waals surface area contributed by atoms with Crippen LogP contribution in [0.2, 0.25) is 0 Å². The number of hydrogen-bond donors (Lipinski definition) is 1. The van der Waals surface area contributed by atoms with Gasteiger partial charge in [0.15, 0.2) is 0 Å². The van der Waals surface area contributed by atoms with Crippen LogP contribution in [0.5, 0.6) is 5.75 Å². The van der Waals surface area contributed by atoms with Crippen LogP contribution in [0, 0.1) is 0 Å². The maximum Gasteiger partial charge on any atom is 0.387 e. The molecule has 0 aliphatic heterocycles. The predicted octanol–water partition coefficient (Wildman–Crippen LogP) is 2.61. The number of halogens is 2. The highest BCUT2D eigenvalue weighted by Gasteiger charge is 2.22. The van der Waals surface area contributed by atoms with Crippen molar-refractivity contribution in [3.8, 4) is 5.75 Å². The lowest BCUT2D eigenvalue weighted by atomic mass is 10.1. The second kappa shape index (κ2) is 7.56. The van der Waals surface area contributed by atoms with E-state index in [4.69, 9.17) is 5.11 Å². The Morgan fingerprint density at radius 1 is 1.29 bits per heavy atom. The number of hydrogen-bond acceptors (Lipinski definition) is 3. The number of amides is 1. The molecule has 1 amide bonds. The van der Waals surface area contributed by atoms with Crippen molar-refractivity contribution >= 4 is 11.9 Å². The summed E-state index contributed by atoms with van der Waals surface area (Å²) in [6.07, 6.45) is 0.603. The standard InChI is InChI=1S/C14H17F2NO4/c1-3-9(2)17(8-12(18)19)13(20)10-4-6-11(7-5-10)21-14(15)16/h4-7,9,14H,3,8H2,1-2H3,(H,18,19). The quantitative estimate of drug-likeness (QED) is 0.840. The second-order valence-corrected chi connectivity index (χ2v) is 4.49. The zero-order valence-electron chi connectivity index (χ0n) is 11.8. The molecule has 1 aromatic carbocycles. The molecular formula is C14H17F2NO4. The second-order valence-electron chi connectivity index (χ2n) is 4.49. The fraction of sp³-hybridized carbons (Fsp3) is 0.429. The topological polar surface area (TPSA) is 66.8 Å². The summed E-state index contributed by atoms with van der Waals surface area (Å²) >= 11 is 0. The first kappa shape index (κ1) is 16.9. The summed E-state index contributed by atoms with van der Waals surface area (Å²) in [5, 5.41) is 8.87. The van der Waals surface area contributed by atoms with E-state index in [0.717, 1.165) is 0 Å². The number of rotatable bonds is 7. The lowest BCUT2D eigenvalue weighted by molar-refractivity contribution is -0.138. The Balaban J connectivity index is 2.90. The fourth-order valence-electron chi connectivity index (χ4n) is 1.74. The molecule has 0 aliphatic rings. The van der Waals surface area contributed by atoms with E-state index in [-0.39, 0.29) is 17.4 Å². The van der Waals surface area contributed by atoms with Gasteiger partial charge in [-0.1, -0.05) is 6.92 Å². The molecule has 5 nitrogen and oxygen atoms in total. The molecule has 0 aromatic heterocycles. The summed E-state index contributed by atoms with van der Waals surface area (Å²) in [5.74, 6) is -1.63. The van der Waals surface area contributed by atoms with Gasteiger partial charge in [-0.25, -0.2) is 0 Å². The van der Waals surface area contributed by atoms with Crippen molar-refractivity contribution in [1.29, 1.82) is 0 Å². The molecule has 1 N–H and O–H groups in total. The maximum atomic E-state index is 12.3. The molecule has 0 heterocycles. The molecule has 1 rings (SSSR count). The van der Waals surface area contributed by atoms with Crippen molar-refractivity contribution in [2.24, 2.45) is 0 Å². The van der Waals surface area contributed by atoms with E-state index in [1.54, 1.807) is 6.92 Å². The van der Waals surface area contributed by atoms with Crippen molar-refractivity contribution in [3.63, 3.8) is 0 Å². The molecule has 0 spiro atoms. The van der Waals surface area contributed by atoms with Gasteiger partial charge in [0.1, 0.15) is 12.3 Å². The number of carbonyl (C=O) groups is 2. The summed E-state index contributed by atoms with van der Waals surface area (Å²) < 4.78 is 28.3. The van der Waals surface area contributed by atoms with Crippen LogP contribution in [0.1, 0.15) is 30.6 Å². The first-order valence-electron chi connectivity index (χ1n) is 6.42. The van der Waals surface area contributed by atoms with E-state index in [0.29, 0.717) is 6.42 Å². The fourth-order valence-corrected chi connectivity index (χ4v) is 1.74. The number of benzene rings is 1. The van der Waals surface area contributed by atoms with Crippen molar-refractivity contribution < 1.29 is 28.2 Å². The zero-order valence-corrected chi connectivity index (χ0v) is 11.8. The maximum absolute atomic E-state index is 12.3. The highest BCUT2D eigenvalue weighted by Crippen LogP contribution is 2.17. The number of ether oxygens (including phenoxy) is 1. The normalized spacial score (nSPS) is 12.0. The van der Waals surface area contributed by atoms with Gasteiger partial charge < -0.3 is 14.7 Å². The van der Waals surface area contributed by atoms with Crippen LogP contribution in [-0.4, -0.2) is 41.1 Å². The third-order valence-corrected chi connectivity index (χ3v) is 3.02. The average molecular weight is 301 g/mol. The van der Waals surface area contributed by atoms with Gasteiger partial charge in [0, 0.05) is 11.6 Å². The lowest BCUT2D eigenvalue weighted by Gasteiger charge is -2.27. The Kier molecular flexibility index (Phi) is 6.08. The third-order valence-electron chi connectivity index (χ3n) is 3.02. The summed E-state index contributed by atoms with van der Waals surface area (Å²) in [5.41, 5.74) is 0.221. The zero-order chi connectivity index (χ0) is 16.0. The van der Waals surface area contributed by atoms with Crippen molar-refractivity contribution in [3.05, 3.63) is 29.8 Å². The molecule has 7 heteroatoms. The van der Waals surface area contributed by atoms with Crippen LogP contribution in [0.15, 0.2) is 24.3 Å². The first-order valence-corrected chi connectivity index (χ1v) is 6.42. The summed E-state index contributed by atoms with van der Waals surface area (Å²) in [7, 11) is 0. The number of nitrogens with zero attached hydrogens (tertiary/aromatic N) is 1. The highest BCUT2D eigenvalue weighted by molar-refractivity contribution is 5.96. The van der Waals surface area contributed by atoms with E-state index in [1.165, 1.54) is 29.2 Å². The van der Waals surface area contributed by atoms with Gasteiger partial charge in [0.2, 0.25) is 0 Å². The number of alkyl halides is 2. The van der Waals surface area contributed by atoms with Crippen LogP contribution >= 0.6 is 0 Å². The largest absolute Gasteiger partial charge is 0.480 e. The summed E-state index contributed by atoms with van der Waals surface area (Å²) in [6.45, 7) is 0.236. The predicted molar refractivity (Wildman–Crippen MR) is 71.5 cm³/mol. The molecule has 0 saturated heterocycles. The molecule has 21 heavy (non-hydrogen) atoms. The first-order chi connectivity index (χ1) is 9.85. The Morgan fingerprint density at radius 2 is 1.86 bits per heavy atom. The highest BCUT2D eigenvalue weighted by atomic mass is 19.3. The Labute approximate surface area is 121 Å². The number of carbonyl (C=O) groups excluding carboxylic acids is 1. The van der Waals surface area contributed by atoms with Gasteiger partial charge in [0.25, 0.3) is 5.91 Å². The minimum absolute atomic E-state index is 0.0603. The molecule has 0 radical (unpaired) electrons. The Morgan fingerprint density at radius 3 is 2.29 bits per heavy atom. The van der Waals surface area contributed by atoms with Crippen molar-refractivity contribution in [1.82, 2.24) is 4.90 Å². The molecule has 0 fully saturated rings. The molecule has 1 unspecified atom stereocenters. The molecule has 1 atom stereocenters. The van der Waals surface area contributed by atoms with Crippen LogP contribution < -0.4 is 4.74 Å². The van der Waals surface area contributed by atoms with Gasteiger partial charge in [-0.3, -0.25) is 9.59 Å². The molecule has 1 aromatic rings. The molecular weight excluding hydrogens is 284 g/mol. The minimum atomic E-state index is -2.94. The van der Waals surface area contributed by atoms with Gasteiger partial charge in [-0.15, -0.1) is 0 Å². The minimum Gasteiger partial charge on any atom is -0.480 e. The number of aliphatic carboxylic acids is 1. The van der Waals surface area contributed by atoms with Gasteiger partial charge in [-0.2, -0.15) is 8.78 Å². The smallest absolute Gasteiger partial charge is 0.387 e. The van der Waals surface area contributed by atoms with E-state index >= 15 is 0 Å². The van der Waals surface area contributed by atoms with Crippen LogP contribution in [0.25, 0.3) is 0 Å². The van der Waals surface area contributed by atoms with Crippen LogP contribution in [0.3, 0.4) is 0 Å². The number of carboxylic acids is 1. The van der Waals surface area contributed by atoms with E-state index < -0.39 is 25.0 Å². The van der Waals surface area contributed by atoms with E-state index in [9.17, 15) is 18.4 Å². The molecule has 0 saturated carbocycles. The SMILES string of the molecule is CCC(C)N(CC(=O)O)C(=O)c1ccc(OC(F)F)cc1. The van der Waals surface area contributed by atoms with Crippen LogP contribution in [-0.2, 0) is 4.79 Å². The Bertz CT molecular complexity index is 490. The van der Waals surface area contributed by atoms with E-state index in [2.05, 4.69) is 4.74 Å². The Hall–Kier alpha value is -2.18. The molecule has 0 aliphatic carbocycles.